The van der Waals surface area contributed by atoms with Gasteiger partial charge in [0.1, 0.15) is 0 Å². The maximum absolute atomic E-state index is 3.06. The zero-order valence-corrected chi connectivity index (χ0v) is 37.0. The van der Waals surface area contributed by atoms with E-state index in [0.29, 0.717) is 23.7 Å². The molecule has 0 aromatic heterocycles. The Balaban J connectivity index is 0.000000678. The topological polar surface area (TPSA) is 0 Å². The van der Waals surface area contributed by atoms with E-state index in [9.17, 15) is 0 Å². The van der Waals surface area contributed by atoms with Crippen LogP contribution in [-0.2, 0) is 36.2 Å². The van der Waals surface area contributed by atoms with Gasteiger partial charge in [0.2, 0.25) is 0 Å². The van der Waals surface area contributed by atoms with Crippen molar-refractivity contribution in [3.05, 3.63) is 155 Å². The Labute approximate surface area is 334 Å². The summed E-state index contributed by atoms with van der Waals surface area (Å²) in [4.78, 5) is 0. The second-order valence-corrected chi connectivity index (χ2v) is 13.4. The molecule has 0 saturated heterocycles. The molecule has 2 radical (unpaired) electrons. The van der Waals surface area contributed by atoms with Gasteiger partial charge in [-0.1, -0.05) is 104 Å². The van der Waals surface area contributed by atoms with Crippen molar-refractivity contribution in [2.75, 3.05) is 0 Å². The minimum atomic E-state index is 0. The van der Waals surface area contributed by atoms with Crippen LogP contribution in [0.25, 0.3) is 21.5 Å². The van der Waals surface area contributed by atoms with Crippen molar-refractivity contribution in [3.8, 4) is 0 Å². The fourth-order valence-corrected chi connectivity index (χ4v) is 5.59. The molecule has 6 aromatic carbocycles. The Hall–Kier alpha value is -2.22. The summed E-state index contributed by atoms with van der Waals surface area (Å²) in [5.74, 6) is 2.42. The molecule has 268 valence electrons. The number of benzene rings is 4. The zero-order valence-electron chi connectivity index (χ0n) is 31.9. The van der Waals surface area contributed by atoms with E-state index in [1.165, 1.54) is 78.3 Å². The Morgan fingerprint density at radius 3 is 1.02 bits per heavy atom. The van der Waals surface area contributed by atoms with Crippen LogP contribution in [0.5, 0.6) is 0 Å². The van der Waals surface area contributed by atoms with Crippen LogP contribution in [0.15, 0.2) is 109 Å². The molecule has 0 saturated carbocycles. The molecule has 6 aromatic rings. The van der Waals surface area contributed by atoms with Gasteiger partial charge in [-0.05, 0) is 36.5 Å². The van der Waals surface area contributed by atoms with Crippen LogP contribution in [0.4, 0.5) is 0 Å². The van der Waals surface area contributed by atoms with Gasteiger partial charge in [-0.25, -0.2) is 0 Å². The molecule has 0 aliphatic carbocycles. The molecule has 0 fully saturated rings. The third-order valence-electron chi connectivity index (χ3n) is 8.48. The molecule has 0 nitrogen and oxygen atoms in total. The number of aryl methyl sites for hydroxylation is 2. The van der Waals surface area contributed by atoms with Gasteiger partial charge in [0, 0.05) is 0 Å². The van der Waals surface area contributed by atoms with E-state index in [-0.39, 0.29) is 24.8 Å². The molecule has 0 unspecified atom stereocenters. The number of halogens is 2. The van der Waals surface area contributed by atoms with E-state index in [1.807, 2.05) is 60.7 Å². The van der Waals surface area contributed by atoms with Crippen LogP contribution in [0.2, 0.25) is 0 Å². The zero-order chi connectivity index (χ0) is 35.6. The molecule has 6 rings (SSSR count). The second kappa shape index (κ2) is 25.7. The Kier molecular flexibility index (Phi) is 24.5. The Morgan fingerprint density at radius 1 is 0.500 bits per heavy atom. The van der Waals surface area contributed by atoms with Crippen molar-refractivity contribution in [2.24, 2.45) is 0 Å². The first kappa shape index (κ1) is 47.8. The standard InChI is InChI=1S/2C17H23.2C6H5.2ClH.Si.Zr/c2*1-6-13-7-15-9-14(11(2)3)10-16(12(4)5)17(15)8-13;2*1-2-4-6-5-3-1;;;;/h2*7-12H,6H2,1-5H3;2*1-5H;2*1H;;/q4*-1;;;;. The third kappa shape index (κ3) is 15.2. The first-order valence-corrected chi connectivity index (χ1v) is 21.8. The minimum Gasteiger partial charge on any atom is -0.184 e. The first-order valence-electron chi connectivity index (χ1n) is 17.6. The maximum Gasteiger partial charge on any atom is -0.171 e. The third-order valence-corrected chi connectivity index (χ3v) is 8.48. The van der Waals surface area contributed by atoms with Crippen LogP contribution < -0.4 is 0 Å². The largest absolute Gasteiger partial charge is 0.184 e. The fraction of sp³-hybridized carbons (Fsp3) is 0.348. The minimum absolute atomic E-state index is 0. The molecule has 0 aliphatic rings. The predicted molar refractivity (Wildman–Crippen MR) is 225 cm³/mol. The number of hydrogen-bond donors (Lipinski definition) is 0. The predicted octanol–water partition coefficient (Wildman–Crippen LogP) is 14.2. The van der Waals surface area contributed by atoms with Gasteiger partial charge in [-0.15, -0.1) is 81.8 Å². The van der Waals surface area contributed by atoms with Gasteiger partial charge < -0.3 is 0 Å². The Bertz CT molecular complexity index is 1550. The van der Waals surface area contributed by atoms with Crippen molar-refractivity contribution in [3.63, 3.8) is 0 Å². The van der Waals surface area contributed by atoms with Gasteiger partial charge in [0.05, 0.1) is 0 Å². The summed E-state index contributed by atoms with van der Waals surface area (Å²) in [5.41, 5.74) is 8.87. The van der Waals surface area contributed by atoms with Gasteiger partial charge in [0.15, 0.2) is 0 Å². The molecule has 0 atom stereocenters. The SMILES string of the molecule is CCc1cc2c(C(C)C)cc(C(C)C)cc2[cH-]1.CCc1cc2c(C(C)C)cc(C(C)C)cc2[cH-]1.Cl.Cl.[Si]=[Zr].[c-]1ccccc1.[c-]1ccccc1. The van der Waals surface area contributed by atoms with Crippen LogP contribution >= 0.6 is 24.8 Å². The molecule has 0 amide bonds. The quantitative estimate of drug-likeness (QED) is 0.116. The molecular weight excluding hydrogens is 743 g/mol. The summed E-state index contributed by atoms with van der Waals surface area (Å²) in [6, 6.07) is 44.0. The van der Waals surface area contributed by atoms with Crippen molar-refractivity contribution >= 4 is 53.2 Å². The maximum atomic E-state index is 3.06. The average molecular weight is 801 g/mol. The van der Waals surface area contributed by atoms with E-state index in [0.717, 1.165) is 12.8 Å². The van der Waals surface area contributed by atoms with Crippen molar-refractivity contribution in [1.29, 1.82) is 0 Å². The molecule has 50 heavy (non-hydrogen) atoms. The van der Waals surface area contributed by atoms with E-state index in [4.69, 9.17) is 0 Å². The van der Waals surface area contributed by atoms with Crippen LogP contribution in [-0.4, -0.2) is 6.88 Å². The Morgan fingerprint density at radius 2 is 0.820 bits per heavy atom. The molecule has 4 heteroatoms. The van der Waals surface area contributed by atoms with Crippen molar-refractivity contribution in [2.45, 2.75) is 106 Å². The van der Waals surface area contributed by atoms with Crippen molar-refractivity contribution in [1.82, 2.24) is 0 Å². The summed E-state index contributed by atoms with van der Waals surface area (Å²) in [6.07, 6.45) is 2.26. The van der Waals surface area contributed by atoms with E-state index in [2.05, 4.69) is 137 Å². The van der Waals surface area contributed by atoms with Crippen LogP contribution in [0.1, 0.15) is 126 Å². The summed E-state index contributed by atoms with van der Waals surface area (Å²) in [6.45, 7) is 25.8. The monoisotopic (exact) mass is 798 g/mol. The summed E-state index contributed by atoms with van der Waals surface area (Å²) < 4.78 is 0. The van der Waals surface area contributed by atoms with Gasteiger partial charge in [0.25, 0.3) is 0 Å². The molecule has 0 spiro atoms. The van der Waals surface area contributed by atoms with Crippen LogP contribution in [0, 0.1) is 12.1 Å². The first-order chi connectivity index (χ1) is 23.0. The van der Waals surface area contributed by atoms with Crippen molar-refractivity contribution < 1.29 is 23.3 Å². The van der Waals surface area contributed by atoms with E-state index < -0.39 is 0 Å². The van der Waals surface area contributed by atoms with Gasteiger partial charge in [-0.3, -0.25) is 0 Å². The van der Waals surface area contributed by atoms with E-state index in [1.54, 1.807) is 0 Å². The average Bonchev–Trinajstić information content (AvgIpc) is 3.74. The number of fused-ring (bicyclic) bond motifs is 2. The number of hydrogen-bond acceptors (Lipinski definition) is 0. The van der Waals surface area contributed by atoms with E-state index >= 15 is 0 Å². The summed E-state index contributed by atoms with van der Waals surface area (Å²) in [5, 5.41) is 5.77. The van der Waals surface area contributed by atoms with Gasteiger partial charge in [-0.2, -0.15) is 84.9 Å². The number of rotatable bonds is 6. The summed E-state index contributed by atoms with van der Waals surface area (Å²) >= 11 is 1.36. The normalized spacial score (nSPS) is 10.1. The molecule has 0 N–H and O–H groups in total. The molecule has 0 heterocycles. The summed E-state index contributed by atoms with van der Waals surface area (Å²) in [7, 11) is 0. The molecular formula is C46H58Cl2SiZr-4. The second-order valence-electron chi connectivity index (χ2n) is 13.4. The fourth-order valence-electron chi connectivity index (χ4n) is 5.59. The van der Waals surface area contributed by atoms with Gasteiger partial charge >= 0.3 is 30.2 Å². The molecule has 0 bridgehead atoms. The van der Waals surface area contributed by atoms with Crippen LogP contribution in [0.3, 0.4) is 0 Å². The molecule has 0 aliphatic heterocycles. The smallest absolute Gasteiger partial charge is 0.171 e.